The molecule has 0 aliphatic rings. The topological polar surface area (TPSA) is 113 Å². The molecule has 0 bridgehead atoms. The summed E-state index contributed by atoms with van der Waals surface area (Å²) in [5, 5.41) is 23.7. The minimum absolute atomic E-state index is 0.210. The van der Waals surface area contributed by atoms with E-state index in [4.69, 9.17) is 0 Å². The molecule has 0 saturated carbocycles. The van der Waals surface area contributed by atoms with Gasteiger partial charge in [-0.1, -0.05) is 11.3 Å². The van der Waals surface area contributed by atoms with Gasteiger partial charge in [0.15, 0.2) is 0 Å². The van der Waals surface area contributed by atoms with Gasteiger partial charge in [0, 0.05) is 34.8 Å². The van der Waals surface area contributed by atoms with Gasteiger partial charge >= 0.3 is 0 Å². The number of aromatic amines is 1. The molecular weight excluding hydrogens is 376 g/mol. The number of fused-ring (bicyclic) bond motifs is 1. The van der Waals surface area contributed by atoms with Crippen molar-refractivity contribution in [1.82, 2.24) is 20.4 Å². The molecule has 0 radical (unpaired) electrons. The maximum Gasteiger partial charge on any atom is 0.221 e. The molecule has 0 aliphatic carbocycles. The van der Waals surface area contributed by atoms with Crippen molar-refractivity contribution in [2.75, 3.05) is 10.6 Å². The van der Waals surface area contributed by atoms with Crippen LogP contribution in [0.15, 0.2) is 36.5 Å². The molecule has 2 heterocycles. The van der Waals surface area contributed by atoms with Crippen LogP contribution in [0, 0.1) is 6.92 Å². The van der Waals surface area contributed by atoms with Crippen LogP contribution in [0.5, 0.6) is 0 Å². The molecule has 9 heteroatoms. The summed E-state index contributed by atoms with van der Waals surface area (Å²) in [5.41, 5.74) is 4.64. The van der Waals surface area contributed by atoms with E-state index in [-0.39, 0.29) is 5.91 Å². The number of hydrogen-bond acceptors (Lipinski definition) is 7. The zero-order valence-corrected chi connectivity index (χ0v) is 15.9. The molecule has 8 nitrogen and oxygen atoms in total. The molecule has 2 aromatic heterocycles. The number of hydrogen-bond donors (Lipinski definition) is 3. The summed E-state index contributed by atoms with van der Waals surface area (Å²) in [6, 6.07) is 9.00. The molecule has 0 spiro atoms. The van der Waals surface area contributed by atoms with E-state index >= 15 is 0 Å². The normalized spacial score (nSPS) is 10.8. The second kappa shape index (κ2) is 7.20. The summed E-state index contributed by atoms with van der Waals surface area (Å²) in [6.07, 6.45) is 2.52. The van der Waals surface area contributed by atoms with Gasteiger partial charge in [0.25, 0.3) is 0 Å². The Balaban J connectivity index is 1.64. The SMILES string of the molecule is CC(=O)Nc1cc(C=O)cc(-c2nnc(Nc3ccc4[nH]ncc4c3C)s2)c1. The molecule has 4 aromatic rings. The van der Waals surface area contributed by atoms with E-state index in [0.29, 0.717) is 27.0 Å². The summed E-state index contributed by atoms with van der Waals surface area (Å²) in [7, 11) is 0. The number of carbonyl (C=O) groups excluding carboxylic acids is 2. The molecule has 28 heavy (non-hydrogen) atoms. The Hall–Kier alpha value is -3.59. The summed E-state index contributed by atoms with van der Waals surface area (Å²) >= 11 is 1.36. The molecular formula is C19H16N6O2S. The number of nitrogens with one attached hydrogen (secondary N) is 3. The van der Waals surface area contributed by atoms with Gasteiger partial charge in [-0.2, -0.15) is 5.10 Å². The number of amides is 1. The number of H-pyrrole nitrogens is 1. The van der Waals surface area contributed by atoms with Crippen LogP contribution >= 0.6 is 11.3 Å². The highest BCUT2D eigenvalue weighted by molar-refractivity contribution is 7.18. The lowest BCUT2D eigenvalue weighted by Crippen LogP contribution is -2.06. The summed E-state index contributed by atoms with van der Waals surface area (Å²) < 4.78 is 0. The van der Waals surface area contributed by atoms with Crippen molar-refractivity contribution in [2.24, 2.45) is 0 Å². The molecule has 0 saturated heterocycles. The van der Waals surface area contributed by atoms with Gasteiger partial charge in [0.05, 0.1) is 11.7 Å². The Morgan fingerprint density at radius 2 is 2.07 bits per heavy atom. The Bertz CT molecular complexity index is 1200. The average molecular weight is 392 g/mol. The Morgan fingerprint density at radius 3 is 2.86 bits per heavy atom. The van der Waals surface area contributed by atoms with Crippen molar-refractivity contribution in [2.45, 2.75) is 13.8 Å². The maximum absolute atomic E-state index is 11.3. The van der Waals surface area contributed by atoms with Gasteiger partial charge in [-0.3, -0.25) is 14.7 Å². The van der Waals surface area contributed by atoms with Crippen LogP contribution in [0.2, 0.25) is 0 Å². The predicted octanol–water partition coefficient (Wildman–Crippen LogP) is 3.90. The quantitative estimate of drug-likeness (QED) is 0.444. The number of benzene rings is 2. The number of nitrogens with zero attached hydrogens (tertiary/aromatic N) is 3. The minimum atomic E-state index is -0.210. The fraction of sp³-hybridized carbons (Fsp3) is 0.105. The van der Waals surface area contributed by atoms with Crippen LogP contribution in [-0.4, -0.2) is 32.6 Å². The lowest BCUT2D eigenvalue weighted by molar-refractivity contribution is -0.114. The van der Waals surface area contributed by atoms with Gasteiger partial charge in [-0.15, -0.1) is 10.2 Å². The van der Waals surface area contributed by atoms with E-state index in [1.54, 1.807) is 24.4 Å². The van der Waals surface area contributed by atoms with Crippen LogP contribution in [0.3, 0.4) is 0 Å². The Morgan fingerprint density at radius 1 is 1.21 bits per heavy atom. The van der Waals surface area contributed by atoms with Gasteiger partial charge < -0.3 is 10.6 Å². The first-order chi connectivity index (χ1) is 13.5. The van der Waals surface area contributed by atoms with Crippen LogP contribution in [0.25, 0.3) is 21.5 Å². The molecule has 0 aliphatic heterocycles. The van der Waals surface area contributed by atoms with Crippen LogP contribution in [-0.2, 0) is 4.79 Å². The van der Waals surface area contributed by atoms with E-state index in [2.05, 4.69) is 31.0 Å². The van der Waals surface area contributed by atoms with Crippen LogP contribution < -0.4 is 10.6 Å². The first-order valence-electron chi connectivity index (χ1n) is 8.45. The molecule has 140 valence electrons. The third-order valence-corrected chi connectivity index (χ3v) is 5.11. The van der Waals surface area contributed by atoms with Crippen molar-refractivity contribution < 1.29 is 9.59 Å². The molecule has 0 fully saturated rings. The fourth-order valence-corrected chi connectivity index (χ4v) is 3.66. The Labute approximate surface area is 164 Å². The van der Waals surface area contributed by atoms with E-state index in [1.807, 2.05) is 19.1 Å². The van der Waals surface area contributed by atoms with Gasteiger partial charge in [-0.05, 0) is 42.8 Å². The third-order valence-electron chi connectivity index (χ3n) is 4.22. The highest BCUT2D eigenvalue weighted by atomic mass is 32.1. The molecule has 0 atom stereocenters. The first-order valence-corrected chi connectivity index (χ1v) is 9.26. The summed E-state index contributed by atoms with van der Waals surface area (Å²) in [6.45, 7) is 3.43. The molecule has 2 aromatic carbocycles. The van der Waals surface area contributed by atoms with Crippen molar-refractivity contribution in [1.29, 1.82) is 0 Å². The molecule has 3 N–H and O–H groups in total. The fourth-order valence-electron chi connectivity index (χ4n) is 2.92. The lowest BCUT2D eigenvalue weighted by atomic mass is 10.1. The van der Waals surface area contributed by atoms with Gasteiger partial charge in [0.1, 0.15) is 11.3 Å². The predicted molar refractivity (Wildman–Crippen MR) is 109 cm³/mol. The standard InChI is InChI=1S/C19H16N6O2S/c1-10-15-8-20-23-17(15)4-3-16(10)22-19-25-24-18(28-19)13-5-12(9-26)6-14(7-13)21-11(2)27/h3-9H,1-2H3,(H,20,23)(H,21,27)(H,22,25). The van der Waals surface area contributed by atoms with Crippen molar-refractivity contribution in [3.05, 3.63) is 47.7 Å². The summed E-state index contributed by atoms with van der Waals surface area (Å²) in [5.74, 6) is -0.210. The van der Waals surface area contributed by atoms with Gasteiger partial charge in [0.2, 0.25) is 11.0 Å². The minimum Gasteiger partial charge on any atom is -0.330 e. The van der Waals surface area contributed by atoms with Crippen molar-refractivity contribution in [3.63, 3.8) is 0 Å². The maximum atomic E-state index is 11.3. The highest BCUT2D eigenvalue weighted by Gasteiger charge is 2.12. The second-order valence-electron chi connectivity index (χ2n) is 6.25. The van der Waals surface area contributed by atoms with E-state index in [1.165, 1.54) is 18.3 Å². The average Bonchev–Trinajstić information content (AvgIpc) is 3.33. The van der Waals surface area contributed by atoms with E-state index < -0.39 is 0 Å². The number of anilines is 3. The van der Waals surface area contributed by atoms with E-state index in [9.17, 15) is 9.59 Å². The van der Waals surface area contributed by atoms with Crippen LogP contribution in [0.4, 0.5) is 16.5 Å². The molecule has 1 amide bonds. The van der Waals surface area contributed by atoms with E-state index in [0.717, 1.165) is 28.4 Å². The number of aldehydes is 1. The van der Waals surface area contributed by atoms with Crippen LogP contribution in [0.1, 0.15) is 22.8 Å². The highest BCUT2D eigenvalue weighted by Crippen LogP contribution is 2.32. The molecule has 0 unspecified atom stereocenters. The largest absolute Gasteiger partial charge is 0.330 e. The number of aromatic nitrogens is 4. The monoisotopic (exact) mass is 392 g/mol. The molecule has 4 rings (SSSR count). The van der Waals surface area contributed by atoms with Gasteiger partial charge in [-0.25, -0.2) is 0 Å². The smallest absolute Gasteiger partial charge is 0.221 e. The first kappa shape index (κ1) is 17.8. The second-order valence-corrected chi connectivity index (χ2v) is 7.23. The summed E-state index contributed by atoms with van der Waals surface area (Å²) in [4.78, 5) is 22.6. The van der Waals surface area contributed by atoms with Crippen molar-refractivity contribution >= 4 is 50.9 Å². The zero-order chi connectivity index (χ0) is 19.7. The van der Waals surface area contributed by atoms with Crippen molar-refractivity contribution in [3.8, 4) is 10.6 Å². The zero-order valence-electron chi connectivity index (χ0n) is 15.1. The number of carbonyl (C=O) groups is 2. The lowest BCUT2D eigenvalue weighted by Gasteiger charge is -2.07. The third kappa shape index (κ3) is 3.47. The number of aryl methyl sites for hydroxylation is 1. The number of rotatable bonds is 5. The Kier molecular flexibility index (Phi) is 4.58.